The number of hydrogen-bond donors (Lipinski definition) is 1. The average Bonchev–Trinajstić information content (AvgIpc) is 2.48. The van der Waals surface area contributed by atoms with Crippen LogP contribution in [0.1, 0.15) is 33.6 Å². The first-order valence-electron chi connectivity index (χ1n) is 8.33. The highest BCUT2D eigenvalue weighted by atomic mass is 32.2. The topological polar surface area (TPSA) is 92.8 Å². The molecule has 0 spiro atoms. The highest BCUT2D eigenvalue weighted by Gasteiger charge is 2.33. The Morgan fingerprint density at radius 3 is 2.50 bits per heavy atom. The number of rotatable bonds is 7. The molecule has 1 heterocycles. The molecule has 0 aliphatic carbocycles. The van der Waals surface area contributed by atoms with Gasteiger partial charge >= 0.3 is 0 Å². The zero-order chi connectivity index (χ0) is 18.4. The third-order valence-corrected chi connectivity index (χ3v) is 4.77. The van der Waals surface area contributed by atoms with Crippen molar-refractivity contribution in [3.8, 4) is 0 Å². The van der Waals surface area contributed by atoms with E-state index in [1.165, 1.54) is 0 Å². The molecule has 1 saturated heterocycles. The summed E-state index contributed by atoms with van der Waals surface area (Å²) in [5, 5.41) is 2.80. The van der Waals surface area contributed by atoms with Crippen LogP contribution in [0.15, 0.2) is 0 Å². The first-order chi connectivity index (χ1) is 11.0. The van der Waals surface area contributed by atoms with Crippen molar-refractivity contribution in [3.05, 3.63) is 0 Å². The monoisotopic (exact) mass is 362 g/mol. The van der Waals surface area contributed by atoms with Crippen LogP contribution in [0.4, 0.5) is 0 Å². The summed E-state index contributed by atoms with van der Waals surface area (Å²) in [6.07, 6.45) is 2.76. The summed E-state index contributed by atoms with van der Waals surface area (Å²) < 4.78 is 27.1. The smallest absolute Gasteiger partial charge is 0.227 e. The van der Waals surface area contributed by atoms with Gasteiger partial charge in [-0.1, -0.05) is 20.8 Å². The number of carbonyl (C=O) groups excluding carboxylic acids is 2. The fourth-order valence-corrected chi connectivity index (χ4v) is 2.97. The van der Waals surface area contributed by atoms with E-state index < -0.39 is 15.3 Å². The van der Waals surface area contributed by atoms with Gasteiger partial charge < -0.3 is 15.0 Å². The number of nitrogens with zero attached hydrogens (tertiary/aromatic N) is 1. The molecule has 0 aromatic rings. The maximum atomic E-state index is 12.3. The van der Waals surface area contributed by atoms with Crippen molar-refractivity contribution in [2.75, 3.05) is 44.9 Å². The fraction of sp³-hybridized carbons (Fsp3) is 0.875. The lowest BCUT2D eigenvalue weighted by Crippen LogP contribution is -2.49. The standard InChI is InChI=1S/C16H30N2O5S/c1-16(2,3)15(20)18-8-5-6-13(12-18)14(19)17-7-9-23-10-11-24(4,21)22/h13H,5-12H2,1-4H3,(H,17,19)/t13-/m1/s1. The summed E-state index contributed by atoms with van der Waals surface area (Å²) >= 11 is 0. The molecule has 1 atom stereocenters. The Morgan fingerprint density at radius 2 is 1.92 bits per heavy atom. The third-order valence-electron chi connectivity index (χ3n) is 3.87. The molecule has 1 N–H and O–H groups in total. The molecule has 1 aliphatic rings. The van der Waals surface area contributed by atoms with E-state index in [2.05, 4.69) is 5.32 Å². The van der Waals surface area contributed by atoms with E-state index in [0.717, 1.165) is 19.1 Å². The maximum absolute atomic E-state index is 12.3. The molecule has 7 nitrogen and oxygen atoms in total. The minimum atomic E-state index is -3.02. The number of nitrogens with one attached hydrogen (secondary N) is 1. The van der Waals surface area contributed by atoms with Gasteiger partial charge in [-0.25, -0.2) is 8.42 Å². The highest BCUT2D eigenvalue weighted by Crippen LogP contribution is 2.23. The SMILES string of the molecule is CC(C)(C)C(=O)N1CCC[C@@H](C(=O)NCCOCCS(C)(=O)=O)C1. The number of likely N-dealkylation sites (tertiary alicyclic amines) is 1. The van der Waals surface area contributed by atoms with Crippen molar-refractivity contribution in [2.24, 2.45) is 11.3 Å². The molecule has 0 saturated carbocycles. The Balaban J connectivity index is 2.31. The Morgan fingerprint density at radius 1 is 1.25 bits per heavy atom. The van der Waals surface area contributed by atoms with E-state index in [0.29, 0.717) is 19.6 Å². The Bertz CT molecular complexity index is 539. The second-order valence-electron chi connectivity index (χ2n) is 7.37. The zero-order valence-electron chi connectivity index (χ0n) is 15.1. The minimum absolute atomic E-state index is 0.0204. The van der Waals surface area contributed by atoms with Crippen LogP contribution in [-0.2, 0) is 24.2 Å². The van der Waals surface area contributed by atoms with Crippen LogP contribution in [0.2, 0.25) is 0 Å². The Kier molecular flexibility index (Phi) is 7.66. The minimum Gasteiger partial charge on any atom is -0.379 e. The molecule has 8 heteroatoms. The average molecular weight is 362 g/mol. The van der Waals surface area contributed by atoms with Crippen molar-refractivity contribution in [2.45, 2.75) is 33.6 Å². The summed E-state index contributed by atoms with van der Waals surface area (Å²) in [7, 11) is -3.02. The van der Waals surface area contributed by atoms with E-state index in [1.54, 1.807) is 4.90 Å². The summed E-state index contributed by atoms with van der Waals surface area (Å²) in [6, 6.07) is 0. The molecule has 0 radical (unpaired) electrons. The lowest BCUT2D eigenvalue weighted by atomic mass is 9.91. The molecule has 0 bridgehead atoms. The van der Waals surface area contributed by atoms with Gasteiger partial charge in [0.1, 0.15) is 9.84 Å². The number of sulfone groups is 1. The van der Waals surface area contributed by atoms with E-state index in [4.69, 9.17) is 4.74 Å². The van der Waals surface area contributed by atoms with Gasteiger partial charge in [0, 0.05) is 31.3 Å². The highest BCUT2D eigenvalue weighted by molar-refractivity contribution is 7.90. The summed E-state index contributed by atoms with van der Waals surface area (Å²) in [5.41, 5.74) is -0.439. The van der Waals surface area contributed by atoms with Gasteiger partial charge in [0.15, 0.2) is 0 Å². The van der Waals surface area contributed by atoms with Gasteiger partial charge in [-0.2, -0.15) is 0 Å². The van der Waals surface area contributed by atoms with Gasteiger partial charge in [-0.05, 0) is 12.8 Å². The van der Waals surface area contributed by atoms with Gasteiger partial charge in [-0.15, -0.1) is 0 Å². The maximum Gasteiger partial charge on any atom is 0.227 e. The van der Waals surface area contributed by atoms with Crippen molar-refractivity contribution in [3.63, 3.8) is 0 Å². The molecule has 0 aromatic heterocycles. The number of ether oxygens (including phenoxy) is 1. The Labute approximate surface area is 145 Å². The van der Waals surface area contributed by atoms with Crippen LogP contribution in [-0.4, -0.2) is 70.0 Å². The van der Waals surface area contributed by atoms with Gasteiger partial charge in [0.2, 0.25) is 11.8 Å². The number of carbonyl (C=O) groups is 2. The van der Waals surface area contributed by atoms with E-state index in [1.807, 2.05) is 20.8 Å². The van der Waals surface area contributed by atoms with Crippen molar-refractivity contribution in [1.29, 1.82) is 0 Å². The van der Waals surface area contributed by atoms with E-state index in [-0.39, 0.29) is 36.7 Å². The van der Waals surface area contributed by atoms with E-state index in [9.17, 15) is 18.0 Å². The summed E-state index contributed by atoms with van der Waals surface area (Å²) in [5.74, 6) is -0.216. The zero-order valence-corrected chi connectivity index (χ0v) is 15.9. The largest absolute Gasteiger partial charge is 0.379 e. The molecule has 1 rings (SSSR count). The number of amides is 2. The molecular weight excluding hydrogens is 332 g/mol. The van der Waals surface area contributed by atoms with Crippen LogP contribution in [0.25, 0.3) is 0 Å². The predicted octanol–water partition coefficient (Wildman–Crippen LogP) is 0.449. The van der Waals surface area contributed by atoms with Crippen LogP contribution < -0.4 is 5.32 Å². The van der Waals surface area contributed by atoms with Crippen LogP contribution in [0.3, 0.4) is 0 Å². The molecule has 140 valence electrons. The number of piperidine rings is 1. The van der Waals surface area contributed by atoms with Gasteiger partial charge in [0.05, 0.1) is 24.9 Å². The second kappa shape index (κ2) is 8.80. The lowest BCUT2D eigenvalue weighted by Gasteiger charge is -2.35. The van der Waals surface area contributed by atoms with Crippen molar-refractivity contribution in [1.82, 2.24) is 10.2 Å². The quantitative estimate of drug-likeness (QED) is 0.664. The first kappa shape index (κ1) is 20.9. The van der Waals surface area contributed by atoms with E-state index >= 15 is 0 Å². The molecule has 2 amide bonds. The molecular formula is C16H30N2O5S. The molecule has 0 unspecified atom stereocenters. The first-order valence-corrected chi connectivity index (χ1v) is 10.4. The predicted molar refractivity (Wildman–Crippen MR) is 92.3 cm³/mol. The molecule has 0 aromatic carbocycles. The van der Waals surface area contributed by atoms with Crippen LogP contribution in [0.5, 0.6) is 0 Å². The molecule has 24 heavy (non-hydrogen) atoms. The van der Waals surface area contributed by atoms with Gasteiger partial charge in [-0.3, -0.25) is 9.59 Å². The summed E-state index contributed by atoms with van der Waals surface area (Å²) in [4.78, 5) is 26.3. The molecule has 1 fully saturated rings. The van der Waals surface area contributed by atoms with Crippen LogP contribution >= 0.6 is 0 Å². The third kappa shape index (κ3) is 7.61. The summed E-state index contributed by atoms with van der Waals surface area (Å²) in [6.45, 7) is 7.55. The van der Waals surface area contributed by atoms with Crippen molar-refractivity contribution >= 4 is 21.7 Å². The Hall–Kier alpha value is -1.15. The normalized spacial score (nSPS) is 19.2. The molecule has 1 aliphatic heterocycles. The lowest BCUT2D eigenvalue weighted by molar-refractivity contribution is -0.142. The van der Waals surface area contributed by atoms with Gasteiger partial charge in [0.25, 0.3) is 0 Å². The van der Waals surface area contributed by atoms with Crippen molar-refractivity contribution < 1.29 is 22.7 Å². The number of hydrogen-bond acceptors (Lipinski definition) is 5. The second-order valence-corrected chi connectivity index (χ2v) is 9.63. The fourth-order valence-electron chi connectivity index (χ4n) is 2.55. The van der Waals surface area contributed by atoms with Crippen LogP contribution in [0, 0.1) is 11.3 Å².